The van der Waals surface area contributed by atoms with E-state index in [1.807, 2.05) is 17.5 Å². The largest absolute Gasteiger partial charge is 0.471 e. The fourth-order valence-corrected chi connectivity index (χ4v) is 1.71. The molecular formula is C9H9NO2S. The second-order valence-corrected chi connectivity index (χ2v) is 3.73. The summed E-state index contributed by atoms with van der Waals surface area (Å²) in [4.78, 5) is 12.0. The SMILES string of the molecule is O=C1C=C(NCc2cccs2)OC1. The number of ether oxygens (including phenoxy) is 1. The molecule has 1 aliphatic rings. The van der Waals surface area contributed by atoms with Gasteiger partial charge in [0.2, 0.25) is 0 Å². The molecule has 0 saturated carbocycles. The highest BCUT2D eigenvalue weighted by molar-refractivity contribution is 7.09. The van der Waals surface area contributed by atoms with Gasteiger partial charge >= 0.3 is 0 Å². The van der Waals surface area contributed by atoms with E-state index in [0.717, 1.165) is 6.54 Å². The van der Waals surface area contributed by atoms with Gasteiger partial charge < -0.3 is 10.1 Å². The molecule has 3 nitrogen and oxygen atoms in total. The normalized spacial score (nSPS) is 15.4. The summed E-state index contributed by atoms with van der Waals surface area (Å²) in [6.45, 7) is 0.892. The van der Waals surface area contributed by atoms with Crippen LogP contribution in [0.1, 0.15) is 4.88 Å². The molecule has 0 bridgehead atoms. The lowest BCUT2D eigenvalue weighted by molar-refractivity contribution is -0.115. The summed E-state index contributed by atoms with van der Waals surface area (Å²) in [6, 6.07) is 4.03. The lowest BCUT2D eigenvalue weighted by Crippen LogP contribution is -2.11. The van der Waals surface area contributed by atoms with E-state index in [-0.39, 0.29) is 12.4 Å². The maximum Gasteiger partial charge on any atom is 0.198 e. The Hall–Kier alpha value is -1.29. The number of thiophene rings is 1. The van der Waals surface area contributed by atoms with Crippen molar-refractivity contribution in [2.45, 2.75) is 6.54 Å². The smallest absolute Gasteiger partial charge is 0.198 e. The average molecular weight is 195 g/mol. The van der Waals surface area contributed by atoms with Crippen molar-refractivity contribution in [3.05, 3.63) is 34.3 Å². The van der Waals surface area contributed by atoms with Gasteiger partial charge in [-0.25, -0.2) is 0 Å². The molecule has 0 saturated heterocycles. The summed E-state index contributed by atoms with van der Waals surface area (Å²) in [7, 11) is 0. The van der Waals surface area contributed by atoms with Crippen molar-refractivity contribution in [1.29, 1.82) is 0 Å². The molecular weight excluding hydrogens is 186 g/mol. The minimum atomic E-state index is 0.0219. The average Bonchev–Trinajstić information content (AvgIpc) is 2.71. The lowest BCUT2D eigenvalue weighted by atomic mass is 10.4. The van der Waals surface area contributed by atoms with E-state index < -0.39 is 0 Å². The Bertz CT molecular complexity index is 329. The third-order valence-corrected chi connectivity index (χ3v) is 2.56. The maximum absolute atomic E-state index is 10.8. The molecule has 2 rings (SSSR count). The van der Waals surface area contributed by atoms with Gasteiger partial charge in [-0.3, -0.25) is 4.79 Å². The second kappa shape index (κ2) is 3.62. The molecule has 0 spiro atoms. The van der Waals surface area contributed by atoms with Gasteiger partial charge in [0, 0.05) is 11.0 Å². The van der Waals surface area contributed by atoms with E-state index in [1.165, 1.54) is 11.0 Å². The van der Waals surface area contributed by atoms with Crippen LogP contribution in [0.4, 0.5) is 0 Å². The van der Waals surface area contributed by atoms with E-state index in [1.54, 1.807) is 11.3 Å². The molecule has 0 unspecified atom stereocenters. The fourth-order valence-electron chi connectivity index (χ4n) is 1.07. The van der Waals surface area contributed by atoms with Crippen molar-refractivity contribution in [3.63, 3.8) is 0 Å². The van der Waals surface area contributed by atoms with Gasteiger partial charge in [-0.1, -0.05) is 6.07 Å². The molecule has 4 heteroatoms. The van der Waals surface area contributed by atoms with E-state index in [2.05, 4.69) is 5.32 Å². The van der Waals surface area contributed by atoms with Crippen LogP contribution < -0.4 is 5.32 Å². The Morgan fingerprint density at radius 2 is 2.54 bits per heavy atom. The van der Waals surface area contributed by atoms with Crippen molar-refractivity contribution in [2.75, 3.05) is 6.61 Å². The molecule has 1 aliphatic heterocycles. The molecule has 1 N–H and O–H groups in total. The number of carbonyl (C=O) groups is 1. The molecule has 0 atom stereocenters. The van der Waals surface area contributed by atoms with Gasteiger partial charge in [0.05, 0.1) is 6.54 Å². The summed E-state index contributed by atoms with van der Waals surface area (Å²) >= 11 is 1.68. The molecule has 0 aliphatic carbocycles. The highest BCUT2D eigenvalue weighted by atomic mass is 32.1. The topological polar surface area (TPSA) is 38.3 Å². The van der Waals surface area contributed by atoms with Crippen LogP contribution in [0, 0.1) is 0 Å². The van der Waals surface area contributed by atoms with E-state index in [9.17, 15) is 4.79 Å². The van der Waals surface area contributed by atoms with Crippen molar-refractivity contribution >= 4 is 17.1 Å². The van der Waals surface area contributed by atoms with Crippen LogP contribution in [0.15, 0.2) is 29.5 Å². The second-order valence-electron chi connectivity index (χ2n) is 2.70. The summed E-state index contributed by atoms with van der Waals surface area (Å²) in [5, 5.41) is 5.06. The van der Waals surface area contributed by atoms with Gasteiger partial charge in [-0.05, 0) is 11.4 Å². The zero-order chi connectivity index (χ0) is 9.10. The minimum Gasteiger partial charge on any atom is -0.471 e. The highest BCUT2D eigenvalue weighted by Crippen LogP contribution is 2.10. The monoisotopic (exact) mass is 195 g/mol. The first kappa shape index (κ1) is 8.31. The number of hydrogen-bond donors (Lipinski definition) is 1. The number of ketones is 1. The molecule has 0 aromatic carbocycles. The van der Waals surface area contributed by atoms with E-state index in [0.29, 0.717) is 5.88 Å². The van der Waals surface area contributed by atoms with Crippen LogP contribution >= 0.6 is 11.3 Å². The maximum atomic E-state index is 10.8. The zero-order valence-corrected chi connectivity index (χ0v) is 7.76. The van der Waals surface area contributed by atoms with Gasteiger partial charge in [0.15, 0.2) is 18.3 Å². The Morgan fingerprint density at radius 1 is 1.62 bits per heavy atom. The summed E-state index contributed by atoms with van der Waals surface area (Å²) in [5.41, 5.74) is 0. The van der Waals surface area contributed by atoms with Crippen molar-refractivity contribution in [3.8, 4) is 0 Å². The Kier molecular flexibility index (Phi) is 2.31. The van der Waals surface area contributed by atoms with Crippen molar-refractivity contribution in [2.24, 2.45) is 0 Å². The first-order chi connectivity index (χ1) is 6.34. The zero-order valence-electron chi connectivity index (χ0n) is 6.95. The van der Waals surface area contributed by atoms with Gasteiger partial charge in [-0.2, -0.15) is 0 Å². The van der Waals surface area contributed by atoms with Crippen molar-refractivity contribution in [1.82, 2.24) is 5.32 Å². The highest BCUT2D eigenvalue weighted by Gasteiger charge is 2.11. The first-order valence-corrected chi connectivity index (χ1v) is 4.86. The number of hydrogen-bond acceptors (Lipinski definition) is 4. The van der Waals surface area contributed by atoms with Crippen LogP contribution in [0.2, 0.25) is 0 Å². The molecule has 1 aromatic heterocycles. The Balaban J connectivity index is 1.87. The molecule has 0 amide bonds. The Labute approximate surface area is 80.0 Å². The van der Waals surface area contributed by atoms with Gasteiger partial charge in [0.1, 0.15) is 0 Å². The van der Waals surface area contributed by atoms with Gasteiger partial charge in [0.25, 0.3) is 0 Å². The number of carbonyl (C=O) groups excluding carboxylic acids is 1. The summed E-state index contributed by atoms with van der Waals surface area (Å²) < 4.78 is 5.07. The third kappa shape index (κ3) is 2.09. The molecule has 13 heavy (non-hydrogen) atoms. The van der Waals surface area contributed by atoms with Crippen LogP contribution in [0.25, 0.3) is 0 Å². The summed E-state index contributed by atoms with van der Waals surface area (Å²) in [5.74, 6) is 0.604. The molecule has 68 valence electrons. The van der Waals surface area contributed by atoms with E-state index in [4.69, 9.17) is 4.74 Å². The number of nitrogens with one attached hydrogen (secondary N) is 1. The minimum absolute atomic E-state index is 0.0219. The lowest BCUT2D eigenvalue weighted by Gasteiger charge is -2.04. The standard InChI is InChI=1S/C9H9NO2S/c11-7-4-9(12-6-7)10-5-8-2-1-3-13-8/h1-4,10H,5-6H2. The van der Waals surface area contributed by atoms with E-state index >= 15 is 0 Å². The van der Waals surface area contributed by atoms with Crippen LogP contribution in [0.5, 0.6) is 0 Å². The molecule has 0 fully saturated rings. The van der Waals surface area contributed by atoms with Crippen LogP contribution in [0.3, 0.4) is 0 Å². The predicted octanol–water partition coefficient (Wildman–Crippen LogP) is 1.28. The molecule has 2 heterocycles. The van der Waals surface area contributed by atoms with Gasteiger partial charge in [-0.15, -0.1) is 11.3 Å². The quantitative estimate of drug-likeness (QED) is 0.789. The fraction of sp³-hybridized carbons (Fsp3) is 0.222. The predicted molar refractivity (Wildman–Crippen MR) is 50.2 cm³/mol. The molecule has 0 radical (unpaired) electrons. The Morgan fingerprint density at radius 3 is 3.15 bits per heavy atom. The third-order valence-electron chi connectivity index (χ3n) is 1.68. The van der Waals surface area contributed by atoms with Crippen molar-refractivity contribution < 1.29 is 9.53 Å². The molecule has 1 aromatic rings. The van der Waals surface area contributed by atoms with Crippen LogP contribution in [-0.4, -0.2) is 12.4 Å². The summed E-state index contributed by atoms with van der Waals surface area (Å²) in [6.07, 6.45) is 1.49. The first-order valence-electron chi connectivity index (χ1n) is 3.98. The van der Waals surface area contributed by atoms with Crippen LogP contribution in [-0.2, 0) is 16.1 Å². The number of rotatable bonds is 3.